The van der Waals surface area contributed by atoms with E-state index in [1.807, 2.05) is 0 Å². The van der Waals surface area contributed by atoms with Crippen LogP contribution in [-0.2, 0) is 0 Å². The molecule has 0 amide bonds. The lowest BCUT2D eigenvalue weighted by Crippen LogP contribution is -2.37. The number of aromatic nitrogens is 2. The molecule has 1 atom stereocenters. The van der Waals surface area contributed by atoms with Crippen LogP contribution in [0.25, 0.3) is 5.57 Å². The smallest absolute Gasteiger partial charge is 0.253 e. The molecule has 2 aliphatic rings. The summed E-state index contributed by atoms with van der Waals surface area (Å²) in [5.41, 5.74) is 1.60. The van der Waals surface area contributed by atoms with Crippen LogP contribution in [0.15, 0.2) is 16.9 Å². The van der Waals surface area contributed by atoms with Crippen molar-refractivity contribution in [1.82, 2.24) is 15.5 Å². The van der Waals surface area contributed by atoms with Crippen molar-refractivity contribution >= 4 is 5.57 Å². The van der Waals surface area contributed by atoms with Gasteiger partial charge in [0.15, 0.2) is 6.33 Å². The highest BCUT2D eigenvalue weighted by molar-refractivity contribution is 5.62. The van der Waals surface area contributed by atoms with Gasteiger partial charge >= 0.3 is 0 Å². The standard InChI is InChI=1S/C11H15N3O/c1-3-11(7-12-5-1)4-2-9(6-11)10-13-8-14-15-10/h6,8,12H,1-5,7H2. The second-order valence-corrected chi connectivity index (χ2v) is 4.56. The van der Waals surface area contributed by atoms with Gasteiger partial charge in [0.05, 0.1) is 0 Å². The van der Waals surface area contributed by atoms with Gasteiger partial charge < -0.3 is 9.84 Å². The average molecular weight is 205 g/mol. The molecular formula is C11H15N3O. The van der Waals surface area contributed by atoms with Crippen LogP contribution in [-0.4, -0.2) is 23.2 Å². The van der Waals surface area contributed by atoms with Crippen LogP contribution in [0.1, 0.15) is 31.6 Å². The van der Waals surface area contributed by atoms with Crippen LogP contribution in [0.5, 0.6) is 0 Å². The topological polar surface area (TPSA) is 51.0 Å². The van der Waals surface area contributed by atoms with Crippen molar-refractivity contribution in [2.45, 2.75) is 25.7 Å². The second kappa shape index (κ2) is 3.45. The molecule has 1 aromatic rings. The van der Waals surface area contributed by atoms with Gasteiger partial charge in [-0.25, -0.2) is 0 Å². The molecule has 1 N–H and O–H groups in total. The van der Waals surface area contributed by atoms with Crippen LogP contribution in [0.4, 0.5) is 0 Å². The fourth-order valence-electron chi connectivity index (χ4n) is 2.71. The Bertz CT molecular complexity index is 363. The van der Waals surface area contributed by atoms with Crippen molar-refractivity contribution in [1.29, 1.82) is 0 Å². The van der Waals surface area contributed by atoms with Crippen LogP contribution in [0, 0.1) is 5.41 Å². The van der Waals surface area contributed by atoms with Crippen molar-refractivity contribution in [2.75, 3.05) is 13.1 Å². The minimum atomic E-state index is 0.363. The largest absolute Gasteiger partial charge is 0.335 e. The first kappa shape index (κ1) is 9.09. The Labute approximate surface area is 88.7 Å². The number of rotatable bonds is 1. The first-order valence-electron chi connectivity index (χ1n) is 5.58. The van der Waals surface area contributed by atoms with E-state index < -0.39 is 0 Å². The Morgan fingerprint density at radius 2 is 2.40 bits per heavy atom. The first-order valence-corrected chi connectivity index (χ1v) is 5.58. The fourth-order valence-corrected chi connectivity index (χ4v) is 2.71. The van der Waals surface area contributed by atoms with Gasteiger partial charge in [-0.05, 0) is 32.2 Å². The van der Waals surface area contributed by atoms with Crippen LogP contribution >= 0.6 is 0 Å². The highest BCUT2D eigenvalue weighted by Gasteiger charge is 2.35. The van der Waals surface area contributed by atoms with Gasteiger partial charge in [-0.2, -0.15) is 4.98 Å². The van der Waals surface area contributed by atoms with Gasteiger partial charge in [0, 0.05) is 17.5 Å². The summed E-state index contributed by atoms with van der Waals surface area (Å²) in [4.78, 5) is 4.11. The van der Waals surface area contributed by atoms with E-state index in [2.05, 4.69) is 21.5 Å². The third-order valence-electron chi connectivity index (χ3n) is 3.51. The molecule has 4 heteroatoms. The number of hydrogen-bond donors (Lipinski definition) is 1. The molecule has 1 aromatic heterocycles. The molecule has 15 heavy (non-hydrogen) atoms. The second-order valence-electron chi connectivity index (χ2n) is 4.56. The third kappa shape index (κ3) is 1.59. The monoisotopic (exact) mass is 205 g/mol. The van der Waals surface area contributed by atoms with Gasteiger partial charge in [-0.15, -0.1) is 0 Å². The Kier molecular flexibility index (Phi) is 2.09. The normalized spacial score (nSPS) is 30.8. The van der Waals surface area contributed by atoms with E-state index in [0.29, 0.717) is 11.3 Å². The minimum absolute atomic E-state index is 0.363. The Morgan fingerprint density at radius 3 is 3.13 bits per heavy atom. The number of hydrogen-bond acceptors (Lipinski definition) is 4. The number of nitrogens with one attached hydrogen (secondary N) is 1. The van der Waals surface area contributed by atoms with E-state index >= 15 is 0 Å². The Morgan fingerprint density at radius 1 is 1.40 bits per heavy atom. The lowest BCUT2D eigenvalue weighted by molar-refractivity contribution is 0.274. The number of allylic oxidation sites excluding steroid dienone is 1. The molecule has 1 unspecified atom stereocenters. The van der Waals surface area contributed by atoms with E-state index in [1.54, 1.807) is 0 Å². The number of nitrogens with zero attached hydrogens (tertiary/aromatic N) is 2. The Balaban J connectivity index is 1.85. The van der Waals surface area contributed by atoms with Crippen molar-refractivity contribution < 1.29 is 4.52 Å². The summed E-state index contributed by atoms with van der Waals surface area (Å²) in [7, 11) is 0. The van der Waals surface area contributed by atoms with Crippen LogP contribution < -0.4 is 5.32 Å². The van der Waals surface area contributed by atoms with E-state index in [0.717, 1.165) is 19.5 Å². The highest BCUT2D eigenvalue weighted by Crippen LogP contribution is 2.43. The summed E-state index contributed by atoms with van der Waals surface area (Å²) in [5, 5.41) is 7.13. The van der Waals surface area contributed by atoms with E-state index in [1.165, 1.54) is 31.2 Å². The molecule has 0 radical (unpaired) electrons. The van der Waals surface area contributed by atoms with Gasteiger partial charge in [-0.3, -0.25) is 0 Å². The fraction of sp³-hybridized carbons (Fsp3) is 0.636. The minimum Gasteiger partial charge on any atom is -0.335 e. The summed E-state index contributed by atoms with van der Waals surface area (Å²) < 4.78 is 5.10. The summed E-state index contributed by atoms with van der Waals surface area (Å²) in [5.74, 6) is 0.706. The zero-order valence-corrected chi connectivity index (χ0v) is 8.70. The molecule has 2 heterocycles. The van der Waals surface area contributed by atoms with Crippen molar-refractivity contribution in [3.8, 4) is 0 Å². The van der Waals surface area contributed by atoms with Crippen molar-refractivity contribution in [2.24, 2.45) is 5.41 Å². The summed E-state index contributed by atoms with van der Waals surface area (Å²) in [6.07, 6.45) is 8.68. The van der Waals surface area contributed by atoms with Gasteiger partial charge in [-0.1, -0.05) is 11.2 Å². The molecule has 3 rings (SSSR count). The van der Waals surface area contributed by atoms with Gasteiger partial charge in [0.25, 0.3) is 5.89 Å². The highest BCUT2D eigenvalue weighted by atomic mass is 16.5. The molecule has 80 valence electrons. The molecular weight excluding hydrogens is 190 g/mol. The van der Waals surface area contributed by atoms with Crippen molar-refractivity contribution in [3.05, 3.63) is 18.3 Å². The molecule has 1 aliphatic heterocycles. The molecule has 1 aliphatic carbocycles. The zero-order valence-electron chi connectivity index (χ0n) is 8.70. The molecule has 4 nitrogen and oxygen atoms in total. The van der Waals surface area contributed by atoms with Gasteiger partial charge in [0.2, 0.25) is 0 Å². The molecule has 1 spiro atoms. The summed E-state index contributed by atoms with van der Waals surface area (Å²) in [6.45, 7) is 2.26. The lowest BCUT2D eigenvalue weighted by Gasteiger charge is -2.32. The van der Waals surface area contributed by atoms with E-state index in [9.17, 15) is 0 Å². The van der Waals surface area contributed by atoms with Gasteiger partial charge in [0.1, 0.15) is 0 Å². The van der Waals surface area contributed by atoms with Crippen LogP contribution in [0.3, 0.4) is 0 Å². The summed E-state index contributed by atoms with van der Waals surface area (Å²) in [6, 6.07) is 0. The average Bonchev–Trinajstić information content (AvgIpc) is 2.88. The third-order valence-corrected chi connectivity index (χ3v) is 3.51. The van der Waals surface area contributed by atoms with Crippen molar-refractivity contribution in [3.63, 3.8) is 0 Å². The maximum absolute atomic E-state index is 5.10. The van der Waals surface area contributed by atoms with E-state index in [-0.39, 0.29) is 0 Å². The zero-order chi connectivity index (χ0) is 10.1. The summed E-state index contributed by atoms with van der Waals surface area (Å²) >= 11 is 0. The van der Waals surface area contributed by atoms with E-state index in [4.69, 9.17) is 4.52 Å². The Hall–Kier alpha value is -1.16. The lowest BCUT2D eigenvalue weighted by atomic mass is 9.80. The number of piperidine rings is 1. The molecule has 1 fully saturated rings. The molecule has 0 saturated carbocycles. The maximum atomic E-state index is 5.10. The quantitative estimate of drug-likeness (QED) is 0.756. The molecule has 0 aromatic carbocycles. The SMILES string of the molecule is C1=C(c2ncno2)CCC12CCCNC2. The maximum Gasteiger partial charge on any atom is 0.253 e. The molecule has 1 saturated heterocycles. The van der Waals surface area contributed by atoms with Crippen LogP contribution in [0.2, 0.25) is 0 Å². The first-order chi connectivity index (χ1) is 7.38. The predicted octanol–water partition coefficient (Wildman–Crippen LogP) is 1.62. The predicted molar refractivity (Wildman–Crippen MR) is 56.0 cm³/mol. The molecule has 0 bridgehead atoms.